The van der Waals surface area contributed by atoms with Gasteiger partial charge in [-0.1, -0.05) is 30.3 Å². The summed E-state index contributed by atoms with van der Waals surface area (Å²) in [6, 6.07) is 15.1. The SMILES string of the molecule is CCOc1c(Nc2ccc(C#N)cc2C(=O)c2ccccc2)c(=O)c1=O. The number of hydrogen-bond acceptors (Lipinski definition) is 6. The third kappa shape index (κ3) is 2.98. The zero-order valence-corrected chi connectivity index (χ0v) is 13.9. The molecule has 0 heterocycles. The monoisotopic (exact) mass is 346 g/mol. The van der Waals surface area contributed by atoms with Crippen LogP contribution in [0.3, 0.4) is 0 Å². The highest BCUT2D eigenvalue weighted by molar-refractivity contribution is 6.13. The molecule has 26 heavy (non-hydrogen) atoms. The summed E-state index contributed by atoms with van der Waals surface area (Å²) in [7, 11) is 0. The van der Waals surface area contributed by atoms with Gasteiger partial charge >= 0.3 is 0 Å². The van der Waals surface area contributed by atoms with Crippen molar-refractivity contribution in [2.24, 2.45) is 0 Å². The predicted molar refractivity (Wildman–Crippen MR) is 96.8 cm³/mol. The van der Waals surface area contributed by atoms with Gasteiger partial charge in [-0.05, 0) is 25.1 Å². The molecule has 0 atom stereocenters. The summed E-state index contributed by atoms with van der Waals surface area (Å²) in [5.74, 6) is -0.346. The topological polar surface area (TPSA) is 96.3 Å². The number of ketones is 1. The van der Waals surface area contributed by atoms with E-state index in [1.807, 2.05) is 6.07 Å². The van der Waals surface area contributed by atoms with Crippen LogP contribution in [-0.2, 0) is 0 Å². The van der Waals surface area contributed by atoms with E-state index < -0.39 is 10.9 Å². The molecule has 6 nitrogen and oxygen atoms in total. The summed E-state index contributed by atoms with van der Waals surface area (Å²) in [5.41, 5.74) is -0.0688. The number of benzene rings is 2. The Balaban J connectivity index is 2.05. The molecule has 0 aliphatic rings. The molecular formula is C20H14N2O4. The Hall–Kier alpha value is -3.72. The molecule has 0 aliphatic heterocycles. The van der Waals surface area contributed by atoms with Gasteiger partial charge < -0.3 is 10.1 Å². The molecule has 3 rings (SSSR count). The van der Waals surface area contributed by atoms with Gasteiger partial charge in [0.2, 0.25) is 0 Å². The first-order valence-corrected chi connectivity index (χ1v) is 7.93. The minimum atomic E-state index is -0.698. The Morgan fingerprint density at radius 3 is 2.50 bits per heavy atom. The maximum atomic E-state index is 12.8. The lowest BCUT2D eigenvalue weighted by molar-refractivity contribution is 0.103. The fourth-order valence-electron chi connectivity index (χ4n) is 2.56. The number of hydrogen-bond donors (Lipinski definition) is 1. The number of nitrogens with one attached hydrogen (secondary N) is 1. The lowest BCUT2D eigenvalue weighted by Crippen LogP contribution is -2.35. The summed E-state index contributed by atoms with van der Waals surface area (Å²) >= 11 is 0. The third-order valence-corrected chi connectivity index (χ3v) is 3.84. The molecule has 1 N–H and O–H groups in total. The van der Waals surface area contributed by atoms with Crippen molar-refractivity contribution in [1.29, 1.82) is 5.26 Å². The number of nitriles is 1. The number of ether oxygens (including phenoxy) is 1. The smallest absolute Gasteiger partial charge is 0.272 e. The van der Waals surface area contributed by atoms with Crippen molar-refractivity contribution in [2.45, 2.75) is 6.92 Å². The van der Waals surface area contributed by atoms with Crippen LogP contribution in [0.4, 0.5) is 11.4 Å². The summed E-state index contributed by atoms with van der Waals surface area (Å²) in [6.45, 7) is 1.94. The average molecular weight is 346 g/mol. The van der Waals surface area contributed by atoms with Crippen LogP contribution in [-0.4, -0.2) is 12.4 Å². The normalized spacial score (nSPS) is 10.3. The van der Waals surface area contributed by atoms with E-state index in [2.05, 4.69) is 5.32 Å². The number of anilines is 2. The Labute approximate surface area is 149 Å². The lowest BCUT2D eigenvalue weighted by atomic mass is 9.99. The fraction of sp³-hybridized carbons (Fsp3) is 0.100. The van der Waals surface area contributed by atoms with Crippen LogP contribution in [0.15, 0.2) is 58.1 Å². The molecular weight excluding hydrogens is 332 g/mol. The highest BCUT2D eigenvalue weighted by atomic mass is 16.5. The van der Waals surface area contributed by atoms with E-state index >= 15 is 0 Å². The van der Waals surface area contributed by atoms with Gasteiger partial charge in [-0.15, -0.1) is 0 Å². The summed E-state index contributed by atoms with van der Waals surface area (Å²) < 4.78 is 5.18. The van der Waals surface area contributed by atoms with Crippen LogP contribution in [0.5, 0.6) is 5.75 Å². The van der Waals surface area contributed by atoms with Gasteiger partial charge in [0.25, 0.3) is 10.9 Å². The van der Waals surface area contributed by atoms with E-state index in [0.717, 1.165) is 0 Å². The molecule has 0 saturated heterocycles. The molecule has 6 heteroatoms. The Morgan fingerprint density at radius 1 is 1.12 bits per heavy atom. The number of nitrogens with zero attached hydrogens (tertiary/aromatic N) is 1. The Bertz CT molecular complexity index is 1090. The van der Waals surface area contributed by atoms with Crippen LogP contribution in [0.1, 0.15) is 28.4 Å². The van der Waals surface area contributed by atoms with Gasteiger partial charge in [-0.2, -0.15) is 5.26 Å². The first kappa shape index (κ1) is 17.1. The molecule has 128 valence electrons. The maximum Gasteiger partial charge on any atom is 0.272 e. The van der Waals surface area contributed by atoms with Gasteiger partial charge in [0, 0.05) is 11.1 Å². The highest BCUT2D eigenvalue weighted by Gasteiger charge is 2.24. The van der Waals surface area contributed by atoms with Crippen LogP contribution in [0.2, 0.25) is 0 Å². The molecule has 0 aliphatic carbocycles. The molecule has 0 spiro atoms. The standard InChI is InChI=1S/C20H14N2O4/c1-2-26-20-16(18(24)19(20)25)22-15-9-8-12(11-21)10-14(15)17(23)13-6-4-3-5-7-13/h3-10,22H,2H2,1H3. The van der Waals surface area contributed by atoms with E-state index in [-0.39, 0.29) is 29.4 Å². The predicted octanol–water partition coefficient (Wildman–Crippen LogP) is 2.53. The third-order valence-electron chi connectivity index (χ3n) is 3.84. The summed E-state index contributed by atoms with van der Waals surface area (Å²) in [4.78, 5) is 36.3. The summed E-state index contributed by atoms with van der Waals surface area (Å²) in [5, 5.41) is 11.9. The van der Waals surface area contributed by atoms with Gasteiger partial charge in [-0.25, -0.2) is 0 Å². The van der Waals surface area contributed by atoms with Crippen LogP contribution in [0.25, 0.3) is 0 Å². The molecule has 0 aromatic heterocycles. The van der Waals surface area contributed by atoms with Crippen molar-refractivity contribution < 1.29 is 9.53 Å². The fourth-order valence-corrected chi connectivity index (χ4v) is 2.56. The van der Waals surface area contributed by atoms with Crippen molar-refractivity contribution in [3.8, 4) is 11.8 Å². The Kier molecular flexibility index (Phi) is 4.63. The number of carbonyl (C=O) groups excluding carboxylic acids is 1. The number of rotatable bonds is 6. The summed E-state index contributed by atoms with van der Waals surface area (Å²) in [6.07, 6.45) is 0. The van der Waals surface area contributed by atoms with E-state index in [4.69, 9.17) is 10.00 Å². The molecule has 0 radical (unpaired) electrons. The zero-order valence-electron chi connectivity index (χ0n) is 13.9. The molecule has 0 saturated carbocycles. The first-order chi connectivity index (χ1) is 12.6. The second-order valence-electron chi connectivity index (χ2n) is 5.49. The second-order valence-corrected chi connectivity index (χ2v) is 5.49. The van der Waals surface area contributed by atoms with E-state index in [1.54, 1.807) is 37.3 Å². The molecule has 0 unspecified atom stereocenters. The van der Waals surface area contributed by atoms with Crippen molar-refractivity contribution in [3.05, 3.63) is 85.7 Å². The highest BCUT2D eigenvalue weighted by Crippen LogP contribution is 2.27. The van der Waals surface area contributed by atoms with E-state index in [0.29, 0.717) is 16.8 Å². The van der Waals surface area contributed by atoms with Crippen LogP contribution in [0, 0.1) is 11.3 Å². The van der Waals surface area contributed by atoms with E-state index in [1.165, 1.54) is 18.2 Å². The maximum absolute atomic E-state index is 12.8. The van der Waals surface area contributed by atoms with Gasteiger partial charge in [-0.3, -0.25) is 14.4 Å². The molecule has 3 aromatic rings. The molecule has 0 fully saturated rings. The number of carbonyl (C=O) groups is 1. The zero-order chi connectivity index (χ0) is 18.7. The van der Waals surface area contributed by atoms with Crippen molar-refractivity contribution >= 4 is 17.2 Å². The first-order valence-electron chi connectivity index (χ1n) is 7.93. The van der Waals surface area contributed by atoms with E-state index in [9.17, 15) is 14.4 Å². The van der Waals surface area contributed by atoms with Crippen molar-refractivity contribution in [3.63, 3.8) is 0 Å². The molecule has 0 bridgehead atoms. The van der Waals surface area contributed by atoms with Gasteiger partial charge in [0.1, 0.15) is 5.69 Å². The van der Waals surface area contributed by atoms with Crippen molar-refractivity contribution in [1.82, 2.24) is 0 Å². The molecule has 3 aromatic carbocycles. The molecule has 0 amide bonds. The quantitative estimate of drug-likeness (QED) is 0.544. The largest absolute Gasteiger partial charge is 0.488 e. The minimum Gasteiger partial charge on any atom is -0.488 e. The lowest BCUT2D eigenvalue weighted by Gasteiger charge is -2.15. The minimum absolute atomic E-state index is 0.0173. The van der Waals surface area contributed by atoms with Crippen LogP contribution < -0.4 is 20.9 Å². The Morgan fingerprint density at radius 2 is 1.85 bits per heavy atom. The second kappa shape index (κ2) is 7.03. The van der Waals surface area contributed by atoms with Crippen LogP contribution >= 0.6 is 0 Å². The van der Waals surface area contributed by atoms with Gasteiger partial charge in [0.15, 0.2) is 11.5 Å². The van der Waals surface area contributed by atoms with Crippen molar-refractivity contribution in [2.75, 3.05) is 11.9 Å². The van der Waals surface area contributed by atoms with Gasteiger partial charge in [0.05, 0.1) is 23.9 Å². The average Bonchev–Trinajstić information content (AvgIpc) is 2.70.